The van der Waals surface area contributed by atoms with E-state index in [1.807, 2.05) is 6.92 Å². The molecule has 1 aromatic carbocycles. The number of carbonyl (C=O) groups is 1. The molecule has 2 aromatic rings. The maximum Gasteiger partial charge on any atom is 0.251 e. The molecule has 2 rings (SSSR count). The third-order valence-corrected chi connectivity index (χ3v) is 3.03. The normalized spacial score (nSPS) is 10.4. The van der Waals surface area contributed by atoms with Gasteiger partial charge in [0, 0.05) is 17.8 Å². The van der Waals surface area contributed by atoms with Gasteiger partial charge in [0.2, 0.25) is 0 Å². The molecular weight excluding hydrogens is 269 g/mol. The molecule has 0 bridgehead atoms. The standard InChI is InChI=1S/C16H18FN3O/c1-2-3-14-8-12(9-15(18)20-14)16(21)19-10-11-4-6-13(17)7-5-11/h4-9H,2-3,10H2,1H3,(H2,18,20)(H,19,21). The minimum absolute atomic E-state index is 0.217. The van der Waals surface area contributed by atoms with Gasteiger partial charge in [0.15, 0.2) is 0 Å². The number of pyridine rings is 1. The summed E-state index contributed by atoms with van der Waals surface area (Å²) in [5.74, 6) is -0.171. The zero-order valence-electron chi connectivity index (χ0n) is 11.9. The van der Waals surface area contributed by atoms with Crippen molar-refractivity contribution in [3.8, 4) is 0 Å². The van der Waals surface area contributed by atoms with Gasteiger partial charge in [-0.1, -0.05) is 25.5 Å². The summed E-state index contributed by atoms with van der Waals surface area (Å²) in [6.45, 7) is 2.38. The number of halogens is 1. The number of carbonyl (C=O) groups excluding carboxylic acids is 1. The zero-order chi connectivity index (χ0) is 15.2. The van der Waals surface area contributed by atoms with E-state index in [1.54, 1.807) is 24.3 Å². The Hall–Kier alpha value is -2.43. The highest BCUT2D eigenvalue weighted by atomic mass is 19.1. The number of nitrogen functional groups attached to an aromatic ring is 1. The fraction of sp³-hybridized carbons (Fsp3) is 0.250. The monoisotopic (exact) mass is 287 g/mol. The van der Waals surface area contributed by atoms with Gasteiger partial charge in [-0.3, -0.25) is 4.79 Å². The number of anilines is 1. The minimum Gasteiger partial charge on any atom is -0.384 e. The topological polar surface area (TPSA) is 68.0 Å². The highest BCUT2D eigenvalue weighted by Gasteiger charge is 2.08. The molecule has 110 valence electrons. The number of nitrogens with two attached hydrogens (primary N) is 1. The Morgan fingerprint density at radius 1 is 1.29 bits per heavy atom. The first kappa shape index (κ1) is 15.0. The quantitative estimate of drug-likeness (QED) is 0.888. The summed E-state index contributed by atoms with van der Waals surface area (Å²) >= 11 is 0. The van der Waals surface area contributed by atoms with E-state index in [4.69, 9.17) is 5.73 Å². The lowest BCUT2D eigenvalue weighted by molar-refractivity contribution is 0.0950. The molecule has 0 fully saturated rings. The number of benzene rings is 1. The van der Waals surface area contributed by atoms with E-state index in [1.165, 1.54) is 12.1 Å². The number of nitrogens with zero attached hydrogens (tertiary/aromatic N) is 1. The number of rotatable bonds is 5. The Kier molecular flexibility index (Phi) is 4.87. The molecule has 0 saturated heterocycles. The Bertz CT molecular complexity index is 626. The molecule has 1 amide bonds. The van der Waals surface area contributed by atoms with E-state index < -0.39 is 0 Å². The Balaban J connectivity index is 2.04. The summed E-state index contributed by atoms with van der Waals surface area (Å²) in [5, 5.41) is 2.79. The first-order valence-corrected chi connectivity index (χ1v) is 6.87. The molecular formula is C16H18FN3O. The summed E-state index contributed by atoms with van der Waals surface area (Å²) in [6, 6.07) is 9.31. The molecule has 0 saturated carbocycles. The van der Waals surface area contributed by atoms with Gasteiger partial charge in [0.05, 0.1) is 0 Å². The van der Waals surface area contributed by atoms with Crippen molar-refractivity contribution in [3.63, 3.8) is 0 Å². The van der Waals surface area contributed by atoms with Gasteiger partial charge in [0.25, 0.3) is 5.91 Å². The van der Waals surface area contributed by atoms with Crippen LogP contribution >= 0.6 is 0 Å². The van der Waals surface area contributed by atoms with E-state index in [0.29, 0.717) is 17.9 Å². The average molecular weight is 287 g/mol. The van der Waals surface area contributed by atoms with Gasteiger partial charge in [-0.05, 0) is 36.2 Å². The maximum atomic E-state index is 12.8. The van der Waals surface area contributed by atoms with Crippen molar-refractivity contribution in [2.24, 2.45) is 0 Å². The van der Waals surface area contributed by atoms with Gasteiger partial charge in [-0.2, -0.15) is 0 Å². The van der Waals surface area contributed by atoms with Crippen molar-refractivity contribution in [1.82, 2.24) is 10.3 Å². The second kappa shape index (κ2) is 6.83. The first-order chi connectivity index (χ1) is 10.1. The lowest BCUT2D eigenvalue weighted by atomic mass is 10.1. The molecule has 0 radical (unpaired) electrons. The predicted octanol–water partition coefficient (Wildman–Crippen LogP) is 2.69. The van der Waals surface area contributed by atoms with Crippen LogP contribution in [-0.2, 0) is 13.0 Å². The largest absolute Gasteiger partial charge is 0.384 e. The van der Waals surface area contributed by atoms with E-state index in [2.05, 4.69) is 10.3 Å². The van der Waals surface area contributed by atoms with E-state index in [0.717, 1.165) is 24.1 Å². The molecule has 1 aromatic heterocycles. The third-order valence-electron chi connectivity index (χ3n) is 3.03. The van der Waals surface area contributed by atoms with Crippen LogP contribution in [0.1, 0.15) is 35.0 Å². The molecule has 0 aliphatic heterocycles. The van der Waals surface area contributed by atoms with Crippen molar-refractivity contribution in [1.29, 1.82) is 0 Å². The van der Waals surface area contributed by atoms with E-state index in [9.17, 15) is 9.18 Å². The minimum atomic E-state index is -0.295. The molecule has 0 spiro atoms. The summed E-state index contributed by atoms with van der Waals surface area (Å²) in [7, 11) is 0. The van der Waals surface area contributed by atoms with Crippen LogP contribution in [0.15, 0.2) is 36.4 Å². The smallest absolute Gasteiger partial charge is 0.251 e. The van der Waals surface area contributed by atoms with Crippen LogP contribution in [0, 0.1) is 5.82 Å². The molecule has 4 nitrogen and oxygen atoms in total. The maximum absolute atomic E-state index is 12.8. The first-order valence-electron chi connectivity index (χ1n) is 6.87. The van der Waals surface area contributed by atoms with Crippen LogP contribution in [0.25, 0.3) is 0 Å². The van der Waals surface area contributed by atoms with Crippen molar-refractivity contribution in [2.45, 2.75) is 26.3 Å². The predicted molar refractivity (Wildman–Crippen MR) is 80.2 cm³/mol. The van der Waals surface area contributed by atoms with Crippen molar-refractivity contribution in [2.75, 3.05) is 5.73 Å². The number of hydrogen-bond donors (Lipinski definition) is 2. The molecule has 3 N–H and O–H groups in total. The van der Waals surface area contributed by atoms with Crippen molar-refractivity contribution < 1.29 is 9.18 Å². The Morgan fingerprint density at radius 2 is 2.00 bits per heavy atom. The van der Waals surface area contributed by atoms with Gasteiger partial charge >= 0.3 is 0 Å². The summed E-state index contributed by atoms with van der Waals surface area (Å²) in [6.07, 6.45) is 1.72. The van der Waals surface area contributed by atoms with Crippen LogP contribution in [0.3, 0.4) is 0 Å². The number of aryl methyl sites for hydroxylation is 1. The van der Waals surface area contributed by atoms with Gasteiger partial charge < -0.3 is 11.1 Å². The number of nitrogens with one attached hydrogen (secondary N) is 1. The SMILES string of the molecule is CCCc1cc(C(=O)NCc2ccc(F)cc2)cc(N)n1. The van der Waals surface area contributed by atoms with Gasteiger partial charge in [0.1, 0.15) is 11.6 Å². The molecule has 0 atom stereocenters. The average Bonchev–Trinajstić information content (AvgIpc) is 2.46. The molecule has 5 heteroatoms. The molecule has 21 heavy (non-hydrogen) atoms. The number of amides is 1. The number of aromatic nitrogens is 1. The molecule has 1 heterocycles. The lowest BCUT2D eigenvalue weighted by Crippen LogP contribution is -2.23. The molecule has 0 unspecified atom stereocenters. The Morgan fingerprint density at radius 3 is 2.67 bits per heavy atom. The Labute approximate surface area is 123 Å². The van der Waals surface area contributed by atoms with Gasteiger partial charge in [-0.25, -0.2) is 9.37 Å². The van der Waals surface area contributed by atoms with Crippen LogP contribution in [-0.4, -0.2) is 10.9 Å². The molecule has 0 aliphatic carbocycles. The third kappa shape index (κ3) is 4.27. The number of hydrogen-bond acceptors (Lipinski definition) is 3. The van der Waals surface area contributed by atoms with Crippen LogP contribution in [0.2, 0.25) is 0 Å². The summed E-state index contributed by atoms with van der Waals surface area (Å²) in [5.41, 5.74) is 7.86. The van der Waals surface area contributed by atoms with Crippen molar-refractivity contribution >= 4 is 11.7 Å². The second-order valence-corrected chi connectivity index (χ2v) is 4.83. The van der Waals surface area contributed by atoms with E-state index >= 15 is 0 Å². The zero-order valence-corrected chi connectivity index (χ0v) is 11.9. The highest BCUT2D eigenvalue weighted by Crippen LogP contribution is 2.10. The highest BCUT2D eigenvalue weighted by molar-refractivity contribution is 5.94. The van der Waals surface area contributed by atoms with Crippen LogP contribution in [0.5, 0.6) is 0 Å². The van der Waals surface area contributed by atoms with Gasteiger partial charge in [-0.15, -0.1) is 0 Å². The summed E-state index contributed by atoms with van der Waals surface area (Å²) < 4.78 is 12.8. The fourth-order valence-electron chi connectivity index (χ4n) is 2.01. The van der Waals surface area contributed by atoms with Crippen LogP contribution in [0.4, 0.5) is 10.2 Å². The summed E-state index contributed by atoms with van der Waals surface area (Å²) in [4.78, 5) is 16.3. The lowest BCUT2D eigenvalue weighted by Gasteiger charge is -2.08. The fourth-order valence-corrected chi connectivity index (χ4v) is 2.01. The van der Waals surface area contributed by atoms with Crippen LogP contribution < -0.4 is 11.1 Å². The molecule has 0 aliphatic rings. The second-order valence-electron chi connectivity index (χ2n) is 4.83. The van der Waals surface area contributed by atoms with Crippen molar-refractivity contribution in [3.05, 3.63) is 59.0 Å². The van der Waals surface area contributed by atoms with E-state index in [-0.39, 0.29) is 11.7 Å².